The number of esters is 1. The van der Waals surface area contributed by atoms with Gasteiger partial charge >= 0.3 is 5.97 Å². The van der Waals surface area contributed by atoms with E-state index < -0.39 is 21.9 Å². The van der Waals surface area contributed by atoms with Crippen molar-refractivity contribution in [3.63, 3.8) is 0 Å². The maximum atomic E-state index is 12.7. The number of sulfonamides is 1. The van der Waals surface area contributed by atoms with Crippen LogP contribution >= 0.6 is 0 Å². The molecule has 0 fully saturated rings. The summed E-state index contributed by atoms with van der Waals surface area (Å²) in [7, 11) is -2.25. The van der Waals surface area contributed by atoms with Crippen molar-refractivity contribution in [1.29, 1.82) is 0 Å². The molecule has 0 saturated heterocycles. The van der Waals surface area contributed by atoms with Gasteiger partial charge in [-0.2, -0.15) is 5.10 Å². The van der Waals surface area contributed by atoms with Crippen molar-refractivity contribution in [2.45, 2.75) is 11.8 Å². The second kappa shape index (κ2) is 9.88. The number of anilines is 1. The minimum atomic E-state index is -3.70. The van der Waals surface area contributed by atoms with Crippen LogP contribution in [0.25, 0.3) is 0 Å². The molecule has 9 heteroatoms. The van der Waals surface area contributed by atoms with Gasteiger partial charge in [0.15, 0.2) is 0 Å². The summed E-state index contributed by atoms with van der Waals surface area (Å²) in [6.07, 6.45) is 1.45. The van der Waals surface area contributed by atoms with Crippen LogP contribution < -0.4 is 14.5 Å². The van der Waals surface area contributed by atoms with E-state index in [1.165, 1.54) is 44.5 Å². The number of nitrogens with one attached hydrogen (secondary N) is 1. The highest BCUT2D eigenvalue weighted by atomic mass is 32.2. The Bertz CT molecular complexity index is 1220. The van der Waals surface area contributed by atoms with Gasteiger partial charge in [-0.3, -0.25) is 13.9 Å². The molecule has 0 atom stereocenters. The van der Waals surface area contributed by atoms with Gasteiger partial charge in [-0.05, 0) is 66.2 Å². The van der Waals surface area contributed by atoms with E-state index in [0.29, 0.717) is 22.6 Å². The van der Waals surface area contributed by atoms with Crippen molar-refractivity contribution in [2.75, 3.05) is 11.4 Å². The molecule has 3 rings (SSSR count). The Labute approximate surface area is 186 Å². The Kier molecular flexibility index (Phi) is 7.01. The molecule has 0 aliphatic heterocycles. The third-order valence-electron chi connectivity index (χ3n) is 4.42. The first kappa shape index (κ1) is 22.7. The van der Waals surface area contributed by atoms with Gasteiger partial charge in [0.05, 0.1) is 16.8 Å². The molecule has 0 bridgehead atoms. The predicted molar refractivity (Wildman–Crippen MR) is 121 cm³/mol. The van der Waals surface area contributed by atoms with E-state index >= 15 is 0 Å². The minimum Gasteiger partial charge on any atom is -0.427 e. The molecule has 8 nitrogen and oxygen atoms in total. The normalized spacial score (nSPS) is 11.2. The van der Waals surface area contributed by atoms with Crippen molar-refractivity contribution in [3.05, 3.63) is 90.0 Å². The SMILES string of the molecule is CC(=O)Oc1ccc(/C=N/NC(=O)c2ccc(N(C)S(=O)(=O)c3ccccc3)cc2)cc1. The monoisotopic (exact) mass is 451 g/mol. The summed E-state index contributed by atoms with van der Waals surface area (Å²) in [5, 5.41) is 3.91. The van der Waals surface area contributed by atoms with E-state index in [-0.39, 0.29) is 4.90 Å². The molecule has 0 saturated carbocycles. The average Bonchev–Trinajstić information content (AvgIpc) is 2.80. The third kappa shape index (κ3) is 5.58. The second-order valence-corrected chi connectivity index (χ2v) is 8.66. The molecule has 0 aliphatic rings. The Morgan fingerprint density at radius 1 is 0.938 bits per heavy atom. The summed E-state index contributed by atoms with van der Waals surface area (Å²) in [5.74, 6) is -0.440. The van der Waals surface area contributed by atoms with Crippen molar-refractivity contribution >= 4 is 33.8 Å². The zero-order valence-corrected chi connectivity index (χ0v) is 18.2. The predicted octanol–water partition coefficient (Wildman–Crippen LogP) is 3.20. The van der Waals surface area contributed by atoms with Gasteiger partial charge in [-0.15, -0.1) is 0 Å². The molecule has 3 aromatic rings. The van der Waals surface area contributed by atoms with E-state index in [1.807, 2.05) is 0 Å². The lowest BCUT2D eigenvalue weighted by Gasteiger charge is -2.19. The number of carbonyl (C=O) groups excluding carboxylic acids is 2. The lowest BCUT2D eigenvalue weighted by Crippen LogP contribution is -2.26. The van der Waals surface area contributed by atoms with Gasteiger partial charge in [0, 0.05) is 19.5 Å². The zero-order valence-electron chi connectivity index (χ0n) is 17.4. The molecule has 0 radical (unpaired) electrons. The largest absolute Gasteiger partial charge is 0.427 e. The van der Waals surface area contributed by atoms with Crippen LogP contribution in [0.5, 0.6) is 5.75 Å². The number of amides is 1. The number of carbonyl (C=O) groups is 2. The molecule has 0 spiro atoms. The zero-order chi connectivity index (χ0) is 23.1. The summed E-state index contributed by atoms with van der Waals surface area (Å²) in [6.45, 7) is 1.32. The number of benzene rings is 3. The van der Waals surface area contributed by atoms with E-state index in [0.717, 1.165) is 4.31 Å². The maximum absolute atomic E-state index is 12.7. The first-order valence-corrected chi connectivity index (χ1v) is 11.0. The van der Waals surface area contributed by atoms with Gasteiger partial charge < -0.3 is 4.74 Å². The summed E-state index contributed by atoms with van der Waals surface area (Å²) >= 11 is 0. The highest BCUT2D eigenvalue weighted by molar-refractivity contribution is 7.92. The van der Waals surface area contributed by atoms with Gasteiger partial charge in [-0.25, -0.2) is 13.8 Å². The van der Waals surface area contributed by atoms with E-state index in [4.69, 9.17) is 4.74 Å². The van der Waals surface area contributed by atoms with Gasteiger partial charge in [0.1, 0.15) is 5.75 Å². The molecule has 0 heterocycles. The molecule has 0 aliphatic carbocycles. The fourth-order valence-electron chi connectivity index (χ4n) is 2.73. The van der Waals surface area contributed by atoms with Crippen molar-refractivity contribution in [1.82, 2.24) is 5.43 Å². The quantitative estimate of drug-likeness (QED) is 0.257. The number of hydrogen-bond acceptors (Lipinski definition) is 6. The summed E-state index contributed by atoms with van der Waals surface area (Å²) in [5.41, 5.74) is 3.85. The number of hydrazone groups is 1. The van der Waals surface area contributed by atoms with E-state index in [9.17, 15) is 18.0 Å². The van der Waals surface area contributed by atoms with Crippen molar-refractivity contribution in [2.24, 2.45) is 5.10 Å². The number of hydrogen-bond donors (Lipinski definition) is 1. The fourth-order valence-corrected chi connectivity index (χ4v) is 3.95. The second-order valence-electron chi connectivity index (χ2n) is 6.69. The molecule has 1 amide bonds. The van der Waals surface area contributed by atoms with Crippen LogP contribution in [0.2, 0.25) is 0 Å². The Balaban J connectivity index is 1.62. The molecule has 0 unspecified atom stereocenters. The Hall–Kier alpha value is -3.98. The van der Waals surface area contributed by atoms with Crippen LogP contribution in [-0.4, -0.2) is 33.6 Å². The van der Waals surface area contributed by atoms with Crippen LogP contribution in [0.15, 0.2) is 88.9 Å². The van der Waals surface area contributed by atoms with Crippen LogP contribution in [0.3, 0.4) is 0 Å². The summed E-state index contributed by atoms with van der Waals surface area (Å²) < 4.78 is 31.5. The lowest BCUT2D eigenvalue weighted by molar-refractivity contribution is -0.131. The number of nitrogens with zero attached hydrogens (tertiary/aromatic N) is 2. The van der Waals surface area contributed by atoms with Crippen LogP contribution in [0.4, 0.5) is 5.69 Å². The average molecular weight is 452 g/mol. The van der Waals surface area contributed by atoms with Crippen LogP contribution in [0.1, 0.15) is 22.8 Å². The number of ether oxygens (including phenoxy) is 1. The minimum absolute atomic E-state index is 0.180. The standard InChI is InChI=1S/C23H21N3O5S/c1-17(27)31-21-14-8-18(9-15-21)16-24-25-23(28)19-10-12-20(13-11-19)26(2)32(29,30)22-6-4-3-5-7-22/h3-16H,1-2H3,(H,25,28)/b24-16+. The smallest absolute Gasteiger partial charge is 0.308 e. The first-order valence-electron chi connectivity index (χ1n) is 9.53. The Morgan fingerprint density at radius 3 is 2.16 bits per heavy atom. The molecular weight excluding hydrogens is 430 g/mol. The van der Waals surface area contributed by atoms with Gasteiger partial charge in [0.2, 0.25) is 0 Å². The highest BCUT2D eigenvalue weighted by Crippen LogP contribution is 2.22. The van der Waals surface area contributed by atoms with E-state index in [2.05, 4.69) is 10.5 Å². The van der Waals surface area contributed by atoms with Gasteiger partial charge in [-0.1, -0.05) is 18.2 Å². The van der Waals surface area contributed by atoms with Crippen LogP contribution in [-0.2, 0) is 14.8 Å². The molecule has 164 valence electrons. The third-order valence-corrected chi connectivity index (χ3v) is 6.22. The Morgan fingerprint density at radius 2 is 1.56 bits per heavy atom. The summed E-state index contributed by atoms with van der Waals surface area (Å²) in [4.78, 5) is 23.4. The lowest BCUT2D eigenvalue weighted by atomic mass is 10.2. The molecular formula is C23H21N3O5S. The maximum Gasteiger partial charge on any atom is 0.308 e. The van der Waals surface area contributed by atoms with Crippen molar-refractivity contribution in [3.8, 4) is 5.75 Å². The van der Waals surface area contributed by atoms with Gasteiger partial charge in [0.25, 0.3) is 15.9 Å². The molecule has 32 heavy (non-hydrogen) atoms. The van der Waals surface area contributed by atoms with Crippen LogP contribution in [0, 0.1) is 0 Å². The molecule has 0 aromatic heterocycles. The topological polar surface area (TPSA) is 105 Å². The van der Waals surface area contributed by atoms with E-state index in [1.54, 1.807) is 54.6 Å². The molecule has 3 aromatic carbocycles. The fraction of sp³-hybridized carbons (Fsp3) is 0.0870. The highest BCUT2D eigenvalue weighted by Gasteiger charge is 2.21. The van der Waals surface area contributed by atoms with Crippen molar-refractivity contribution < 1.29 is 22.7 Å². The first-order chi connectivity index (χ1) is 15.3. The number of rotatable bonds is 7. The molecule has 1 N–H and O–H groups in total. The summed E-state index contributed by atoms with van der Waals surface area (Å²) in [6, 6.07) is 20.8.